The summed E-state index contributed by atoms with van der Waals surface area (Å²) in [7, 11) is -8.30. The van der Waals surface area contributed by atoms with Crippen LogP contribution in [0.15, 0.2) is 72.8 Å². The Morgan fingerprint density at radius 2 is 0.456 bits per heavy atom. The van der Waals surface area contributed by atoms with Gasteiger partial charge in [-0.1, -0.05) is 382 Å². The van der Waals surface area contributed by atoms with Gasteiger partial charge in [0.1, 0.15) is 0 Å². The van der Waals surface area contributed by atoms with E-state index in [1.807, 2.05) is 0 Å². The Hall–Kier alpha value is -0.103. The van der Waals surface area contributed by atoms with Crippen LogP contribution in [0.25, 0.3) is 29.9 Å². The fourth-order valence-electron chi connectivity index (χ4n) is 10.9. The van der Waals surface area contributed by atoms with Gasteiger partial charge in [-0.2, -0.15) is 0 Å². The molecule has 0 N–H and O–H groups in total. The first kappa shape index (κ1) is 92.0. The zero-order valence-electron chi connectivity index (χ0n) is 63.9. The van der Waals surface area contributed by atoms with E-state index >= 15 is 0 Å². The monoisotopic (exact) mass is 1610 g/mol. The Balaban J connectivity index is 0. The first-order chi connectivity index (χ1) is 40.3. The van der Waals surface area contributed by atoms with Crippen molar-refractivity contribution in [1.29, 1.82) is 0 Å². The van der Waals surface area contributed by atoms with Gasteiger partial charge >= 0.3 is 80.8 Å². The molecule has 2 radical (unpaired) electrons. The summed E-state index contributed by atoms with van der Waals surface area (Å²) < 4.78 is 19.5. The third kappa shape index (κ3) is 38.2. The molecule has 2 aliphatic rings. The molecule has 4 aromatic carbocycles. The maximum atomic E-state index is 5.44. The average Bonchev–Trinajstić information content (AvgIpc) is 4.17. The number of hydrogen-bond donors (Lipinski definition) is 0. The molecule has 8 nitrogen and oxygen atoms in total. The number of hydrogen-bond acceptors (Lipinski definition) is 2. The summed E-state index contributed by atoms with van der Waals surface area (Å²) in [5.74, 6) is 3.77. The normalized spacial score (nSPS) is 13.7. The zero-order valence-corrected chi connectivity index (χ0v) is 75.2. The van der Waals surface area contributed by atoms with Gasteiger partial charge in [0.2, 0.25) is 0 Å². The minimum absolute atomic E-state index is 0. The second kappa shape index (κ2) is 43.3. The minimum atomic E-state index is -1.94. The van der Waals surface area contributed by atoms with E-state index in [9.17, 15) is 0 Å². The Morgan fingerprint density at radius 1 is 0.289 bits per heavy atom. The first-order valence-corrected chi connectivity index (χ1v) is 54.4. The van der Waals surface area contributed by atoms with Crippen LogP contribution in [0.2, 0.25) is 105 Å². The molecule has 2 heterocycles. The number of nitrogens with zero attached hydrogens (tertiary/aromatic N) is 6. The molecule has 2 aliphatic heterocycles. The smallest absolute Gasteiger partial charge is 0.688 e. The van der Waals surface area contributed by atoms with Gasteiger partial charge in [-0.3, -0.25) is 0 Å². The molecule has 0 spiro atoms. The molecule has 90 heavy (non-hydrogen) atoms. The van der Waals surface area contributed by atoms with Gasteiger partial charge in [0.05, 0.1) is 0 Å². The van der Waals surface area contributed by atoms with Gasteiger partial charge in [-0.25, -0.2) is 0 Å². The summed E-state index contributed by atoms with van der Waals surface area (Å²) in [6.45, 7) is 77.2. The first-order valence-electron chi connectivity index (χ1n) is 34.3. The fourth-order valence-corrected chi connectivity index (χ4v) is 30.0. The molecular weight excluding hydrogens is 1470 g/mol. The minimum Gasteiger partial charge on any atom is -0.688 e. The molecule has 4 aromatic rings. The van der Waals surface area contributed by atoms with Crippen molar-refractivity contribution in [1.82, 2.24) is 0 Å². The number of benzene rings is 4. The molecule has 16 heteroatoms. The van der Waals surface area contributed by atoms with Crippen molar-refractivity contribution < 1.29 is 90.3 Å². The number of rotatable bonds is 22. The molecule has 0 bridgehead atoms. The quantitative estimate of drug-likeness (QED) is 0.0732. The Bertz CT molecular complexity index is 2270. The van der Waals surface area contributed by atoms with Crippen molar-refractivity contribution in [2.45, 2.75) is 289 Å². The van der Waals surface area contributed by atoms with Crippen LogP contribution in [0.1, 0.15) is 228 Å². The molecule has 0 atom stereocenters. The third-order valence-corrected chi connectivity index (χ3v) is 28.7. The van der Waals surface area contributed by atoms with Crippen molar-refractivity contribution in [3.63, 3.8) is 0 Å². The van der Waals surface area contributed by atoms with Crippen LogP contribution in [0, 0.1) is 80.8 Å². The van der Waals surface area contributed by atoms with Crippen molar-refractivity contribution in [2.75, 3.05) is 38.8 Å². The van der Waals surface area contributed by atoms with Gasteiger partial charge in [-0.05, 0) is 73.0 Å². The molecule has 0 unspecified atom stereocenters. The van der Waals surface area contributed by atoms with E-state index in [1.165, 1.54) is 92.9 Å². The van der Waals surface area contributed by atoms with Gasteiger partial charge < -0.3 is 39.4 Å². The third-order valence-electron chi connectivity index (χ3n) is 14.4. The molecule has 2 fully saturated rings. The van der Waals surface area contributed by atoms with E-state index in [2.05, 4.69) is 288 Å². The van der Waals surface area contributed by atoms with E-state index in [-0.39, 0.29) is 80.8 Å². The molecule has 0 aromatic heterocycles. The predicted octanol–water partition coefficient (Wildman–Crippen LogP) is 26.9. The van der Waals surface area contributed by atoms with E-state index in [4.69, 9.17) is 39.4 Å². The molecule has 6 rings (SSSR count). The van der Waals surface area contributed by atoms with Crippen LogP contribution < -0.4 is 0 Å². The Labute approximate surface area is 629 Å². The number of ether oxygens (including phenoxy) is 2. The van der Waals surface area contributed by atoms with E-state index in [1.54, 1.807) is 0 Å². The molecule has 0 saturated carbocycles. The van der Waals surface area contributed by atoms with Crippen LogP contribution in [0.5, 0.6) is 0 Å². The summed E-state index contributed by atoms with van der Waals surface area (Å²) in [6, 6.07) is 26.7. The van der Waals surface area contributed by atoms with Crippen LogP contribution in [-0.4, -0.2) is 88.2 Å². The summed E-state index contributed by atoms with van der Waals surface area (Å²) in [4.78, 5) is 10.9. The van der Waals surface area contributed by atoms with E-state index in [0.717, 1.165) is 38.8 Å². The van der Waals surface area contributed by atoms with E-state index < -0.39 is 49.4 Å². The van der Waals surface area contributed by atoms with E-state index in [0.29, 0.717) is 47.3 Å². The average molecular weight is 1610 g/mol. The maximum absolute atomic E-state index is 5.44. The standard InChI is InChI=1S/2C27H42N2Si.2C6H18NSi2.2C4H8O.2Sm/c2*1-18(2)22-13-11-14-23(19(3)4)26(22)28-17-30(9,10)29-27-24(20(5)6)15-12-16-25(27)21(7)8;2*1-8(2,3)7-9(4,5)6;2*1-2-4-5-3-1;;/h2*11-16,18-21H,17H2,1-10H3;2*1-6H3;2*1-4H2;;/q2*-2;2*-1;;;2*+3. The predicted molar refractivity (Wildman–Crippen MR) is 415 cm³/mol. The number of para-hydroxylation sites is 2. The summed E-state index contributed by atoms with van der Waals surface area (Å²) in [6.07, 6.45) is 6.75. The molecule has 510 valence electrons. The molecule has 2 saturated heterocycles. The van der Waals surface area contributed by atoms with Crippen molar-refractivity contribution in [3.8, 4) is 0 Å². The van der Waals surface area contributed by atoms with Crippen molar-refractivity contribution >= 4 is 72.2 Å². The Morgan fingerprint density at radius 3 is 0.578 bits per heavy atom. The molecular formula is C74H136N6O2Si6Sm2. The van der Waals surface area contributed by atoms with Crippen LogP contribution >= 0.6 is 0 Å². The van der Waals surface area contributed by atoms with Gasteiger partial charge in [0, 0.05) is 26.4 Å². The topological polar surface area (TPSA) is 103 Å². The SMILES string of the molecule is C1CCOC1.C1CCOC1.CC(C)c1cccc(C(C)C)c1[N-]C[Si](C)(C)[N-]c1c(C(C)C)cccc1C(C)C.CC(C)c1cccc(C(C)C)c1[N-]C[Si](C)(C)[N-]c1c(C(C)C)cccc1C(C)C.C[Si](C)(C)[N-][Si](C)(C)C.C[Si](C)(C)[N-][Si](C)(C)C.[Sm+3].[Sm+3]. The summed E-state index contributed by atoms with van der Waals surface area (Å²) in [5, 5.41) is 10.5. The van der Waals surface area contributed by atoms with Gasteiger partial charge in [0.25, 0.3) is 0 Å². The fraction of sp³-hybridized carbons (Fsp3) is 0.676. The second-order valence-corrected chi connectivity index (χ2v) is 59.9. The van der Waals surface area contributed by atoms with Crippen molar-refractivity contribution in [2.24, 2.45) is 0 Å². The van der Waals surface area contributed by atoms with Crippen LogP contribution in [-0.2, 0) is 9.47 Å². The largest absolute Gasteiger partial charge is 3.00 e. The Kier molecular flexibility index (Phi) is 44.3. The molecule has 0 amide bonds. The molecule has 0 aliphatic carbocycles. The van der Waals surface area contributed by atoms with Crippen molar-refractivity contribution in [3.05, 3.63) is 147 Å². The van der Waals surface area contributed by atoms with Gasteiger partial charge in [0.15, 0.2) is 0 Å². The zero-order chi connectivity index (χ0) is 67.8. The van der Waals surface area contributed by atoms with Crippen LogP contribution in [0.4, 0.5) is 22.7 Å². The summed E-state index contributed by atoms with van der Waals surface area (Å²) >= 11 is 0. The maximum Gasteiger partial charge on any atom is 3.00 e. The van der Waals surface area contributed by atoms with Crippen LogP contribution in [0.3, 0.4) is 0 Å². The van der Waals surface area contributed by atoms with Gasteiger partial charge in [-0.15, -0.1) is 35.1 Å². The summed E-state index contributed by atoms with van der Waals surface area (Å²) in [5.41, 5.74) is 15.8. The second-order valence-electron chi connectivity index (χ2n) is 32.4.